The Balaban J connectivity index is 2.20. The van der Waals surface area contributed by atoms with Crippen LogP contribution in [0.3, 0.4) is 0 Å². The van der Waals surface area contributed by atoms with Crippen LogP contribution in [0, 0.1) is 5.41 Å². The van der Waals surface area contributed by atoms with Gasteiger partial charge in [0, 0.05) is 11.0 Å². The van der Waals surface area contributed by atoms with Crippen LogP contribution in [0.2, 0.25) is 0 Å². The van der Waals surface area contributed by atoms with Crippen molar-refractivity contribution in [2.24, 2.45) is 10.6 Å². The number of rotatable bonds is 2. The molecule has 134 valence electrons. The maximum Gasteiger partial charge on any atom is 0.536 e. The number of nitrogens with zero attached hydrogens (tertiary/aromatic N) is 1. The van der Waals surface area contributed by atoms with Gasteiger partial charge in [0.1, 0.15) is 11.5 Å². The molecule has 1 aliphatic rings. The minimum absolute atomic E-state index is 0.0818. The Kier molecular flexibility index (Phi) is 3.94. The fraction of sp³-hybridized carbons (Fsp3) is 0.312. The second kappa shape index (κ2) is 5.62. The fourth-order valence-electron chi connectivity index (χ4n) is 2.58. The Hall–Kier alpha value is -2.29. The lowest BCUT2D eigenvalue weighted by Gasteiger charge is -2.33. The van der Waals surface area contributed by atoms with E-state index in [0.717, 1.165) is 5.39 Å². The summed E-state index contributed by atoms with van der Waals surface area (Å²) in [5.41, 5.74) is -5.89. The van der Waals surface area contributed by atoms with Crippen LogP contribution in [0.5, 0.6) is 5.75 Å². The molecule has 0 saturated heterocycles. The molecule has 1 heterocycles. The predicted octanol–water partition coefficient (Wildman–Crippen LogP) is 3.83. The molecule has 0 fully saturated rings. The smallest absolute Gasteiger partial charge is 0.492 e. The maximum atomic E-state index is 12.5. The molecule has 0 bridgehead atoms. The van der Waals surface area contributed by atoms with Crippen LogP contribution in [0.15, 0.2) is 41.6 Å². The second-order valence-electron chi connectivity index (χ2n) is 6.25. The van der Waals surface area contributed by atoms with Crippen LogP contribution < -0.4 is 4.74 Å². The minimum atomic E-state index is -5.83. The molecule has 1 aliphatic heterocycles. The molecule has 25 heavy (non-hydrogen) atoms. The van der Waals surface area contributed by atoms with Crippen molar-refractivity contribution in [1.82, 2.24) is 0 Å². The fourth-order valence-corrected chi connectivity index (χ4v) is 2.84. The lowest BCUT2D eigenvalue weighted by atomic mass is 9.80. The Bertz CT molecular complexity index is 965. The first-order valence-electron chi connectivity index (χ1n) is 7.26. The van der Waals surface area contributed by atoms with E-state index < -0.39 is 21.0 Å². The Labute approximate surface area is 142 Å². The maximum absolute atomic E-state index is 12.5. The third-order valence-electron chi connectivity index (χ3n) is 3.87. The summed E-state index contributed by atoms with van der Waals surface area (Å²) in [5, 5.41) is 4.89. The third kappa shape index (κ3) is 3.04. The average molecular weight is 373 g/mol. The first-order chi connectivity index (χ1) is 11.5. The number of hydrogen-bond donors (Lipinski definition) is 0. The summed E-state index contributed by atoms with van der Waals surface area (Å²) in [6, 6.07) is 10.6. The van der Waals surface area contributed by atoms with Crippen LogP contribution in [0.1, 0.15) is 19.4 Å². The molecule has 0 amide bonds. The number of hydrogen-bond acceptors (Lipinski definition) is 5. The molecule has 0 aromatic heterocycles. The highest BCUT2D eigenvalue weighted by Gasteiger charge is 2.49. The largest absolute Gasteiger partial charge is 0.536 e. The number of ether oxygens (including phenoxy) is 1. The van der Waals surface area contributed by atoms with Gasteiger partial charge in [0.2, 0.25) is 0 Å². The summed E-state index contributed by atoms with van der Waals surface area (Å²) in [5.74, 6) is 0.407. The van der Waals surface area contributed by atoms with Crippen LogP contribution in [0.25, 0.3) is 10.8 Å². The molecule has 0 aliphatic carbocycles. The van der Waals surface area contributed by atoms with Crippen molar-refractivity contribution in [3.8, 4) is 5.75 Å². The van der Waals surface area contributed by atoms with E-state index in [4.69, 9.17) is 4.74 Å². The number of alkyl halides is 3. The first-order valence-corrected chi connectivity index (χ1v) is 8.67. The highest BCUT2D eigenvalue weighted by molar-refractivity contribution is 7.87. The van der Waals surface area contributed by atoms with Gasteiger partial charge in [0.25, 0.3) is 0 Å². The predicted molar refractivity (Wildman–Crippen MR) is 85.8 cm³/mol. The topological polar surface area (TPSA) is 65.0 Å². The van der Waals surface area contributed by atoms with Gasteiger partial charge in [-0.2, -0.15) is 21.6 Å². The summed E-state index contributed by atoms with van der Waals surface area (Å²) in [7, 11) is -5.83. The van der Waals surface area contributed by atoms with Gasteiger partial charge in [-0.25, -0.2) is 0 Å². The van der Waals surface area contributed by atoms with Gasteiger partial charge >= 0.3 is 15.6 Å². The quantitative estimate of drug-likeness (QED) is 0.593. The zero-order chi connectivity index (χ0) is 18.5. The zero-order valence-corrected chi connectivity index (χ0v) is 14.1. The molecule has 0 atom stereocenters. The van der Waals surface area contributed by atoms with E-state index in [1.54, 1.807) is 38.1 Å². The van der Waals surface area contributed by atoms with Gasteiger partial charge in [0.15, 0.2) is 0 Å². The van der Waals surface area contributed by atoms with Crippen molar-refractivity contribution in [3.05, 3.63) is 42.0 Å². The Morgan fingerprint density at radius 3 is 2.52 bits per heavy atom. The van der Waals surface area contributed by atoms with Gasteiger partial charge in [-0.1, -0.05) is 49.3 Å². The number of halogens is 3. The molecule has 3 rings (SSSR count). The molecular formula is C16H14F3NO4S. The van der Waals surface area contributed by atoms with E-state index in [1.165, 1.54) is 0 Å². The van der Waals surface area contributed by atoms with E-state index in [2.05, 4.69) is 9.44 Å². The van der Waals surface area contributed by atoms with Crippen LogP contribution in [0.4, 0.5) is 13.2 Å². The van der Waals surface area contributed by atoms with Crippen molar-refractivity contribution in [1.29, 1.82) is 0 Å². The molecule has 0 unspecified atom stereocenters. The summed E-state index contributed by atoms with van der Waals surface area (Å²) < 4.78 is 69.6. The van der Waals surface area contributed by atoms with Gasteiger partial charge in [0.05, 0.1) is 6.61 Å². The van der Waals surface area contributed by atoms with Crippen molar-refractivity contribution in [2.75, 3.05) is 6.61 Å². The molecule has 5 nitrogen and oxygen atoms in total. The van der Waals surface area contributed by atoms with E-state index in [-0.39, 0.29) is 12.3 Å². The summed E-state index contributed by atoms with van der Waals surface area (Å²) in [6.07, 6.45) is 0. The molecule has 0 radical (unpaired) electrons. The van der Waals surface area contributed by atoms with Crippen LogP contribution in [-0.4, -0.2) is 26.2 Å². The molecule has 0 N–H and O–H groups in total. The van der Waals surface area contributed by atoms with Crippen molar-refractivity contribution in [3.63, 3.8) is 0 Å². The van der Waals surface area contributed by atoms with Crippen molar-refractivity contribution < 1.29 is 30.6 Å². The van der Waals surface area contributed by atoms with Gasteiger partial charge in [-0.05, 0) is 16.8 Å². The highest BCUT2D eigenvalue weighted by atomic mass is 32.2. The van der Waals surface area contributed by atoms with E-state index in [0.29, 0.717) is 16.7 Å². The van der Waals surface area contributed by atoms with Gasteiger partial charge < -0.3 is 4.74 Å². The molecule has 2 aromatic rings. The van der Waals surface area contributed by atoms with Gasteiger partial charge in [-0.3, -0.25) is 4.28 Å². The minimum Gasteiger partial charge on any atom is -0.492 e. The summed E-state index contributed by atoms with van der Waals surface area (Å²) in [4.78, 5) is 0. The Morgan fingerprint density at radius 2 is 1.84 bits per heavy atom. The number of fused-ring (bicyclic) bond motifs is 3. The number of oxime groups is 1. The number of benzene rings is 2. The molecule has 0 saturated carbocycles. The van der Waals surface area contributed by atoms with E-state index >= 15 is 0 Å². The SMILES string of the molecule is CC1(C)COc2ccc3ccccc3c2/C1=N\OS(=O)(=O)C(F)(F)F. The van der Waals surface area contributed by atoms with Crippen molar-refractivity contribution >= 4 is 26.6 Å². The van der Waals surface area contributed by atoms with E-state index in [1.807, 2.05) is 12.1 Å². The average Bonchev–Trinajstić information content (AvgIpc) is 2.52. The highest BCUT2D eigenvalue weighted by Crippen LogP contribution is 2.39. The summed E-state index contributed by atoms with van der Waals surface area (Å²) in [6.45, 7) is 3.48. The zero-order valence-electron chi connectivity index (χ0n) is 13.3. The molecule has 9 heteroatoms. The standard InChI is InChI=1S/C16H14F3NO4S/c1-15(2)9-23-12-8-7-10-5-3-4-6-11(10)13(12)14(15)20-24-25(21,22)16(17,18)19/h3-8H,9H2,1-2H3/b20-14+. The van der Waals surface area contributed by atoms with Gasteiger partial charge in [-0.15, -0.1) is 0 Å². The first kappa shape index (κ1) is 17.5. The molecule has 2 aromatic carbocycles. The Morgan fingerprint density at radius 1 is 1.16 bits per heavy atom. The normalized spacial score (nSPS) is 18.7. The van der Waals surface area contributed by atoms with E-state index in [9.17, 15) is 21.6 Å². The summed E-state index contributed by atoms with van der Waals surface area (Å²) >= 11 is 0. The van der Waals surface area contributed by atoms with Crippen molar-refractivity contribution in [2.45, 2.75) is 19.4 Å². The lowest BCUT2D eigenvalue weighted by molar-refractivity contribution is -0.0541. The van der Waals surface area contributed by atoms with Crippen LogP contribution in [-0.2, 0) is 14.4 Å². The molecular weight excluding hydrogens is 359 g/mol. The van der Waals surface area contributed by atoms with Crippen LogP contribution >= 0.6 is 0 Å². The lowest BCUT2D eigenvalue weighted by Crippen LogP contribution is -2.37. The molecule has 0 spiro atoms. The third-order valence-corrected chi connectivity index (χ3v) is 4.71. The second-order valence-corrected chi connectivity index (χ2v) is 7.77. The monoisotopic (exact) mass is 373 g/mol.